The third-order valence-corrected chi connectivity index (χ3v) is 4.38. The van der Waals surface area contributed by atoms with Crippen LogP contribution in [0.2, 0.25) is 5.02 Å². The van der Waals surface area contributed by atoms with Gasteiger partial charge in [0, 0.05) is 24.0 Å². The molecule has 1 amide bonds. The quantitative estimate of drug-likeness (QED) is 0.627. The fraction of sp³-hybridized carbons (Fsp3) is 0.190. The predicted octanol–water partition coefficient (Wildman–Crippen LogP) is 4.16. The summed E-state index contributed by atoms with van der Waals surface area (Å²) in [5.74, 6) is 0.869. The summed E-state index contributed by atoms with van der Waals surface area (Å²) < 4.78 is 5.33. The molecule has 0 unspecified atom stereocenters. The van der Waals surface area contributed by atoms with Crippen molar-refractivity contribution in [2.45, 2.75) is 13.3 Å². The fourth-order valence-electron chi connectivity index (χ4n) is 2.62. The number of benzene rings is 2. The largest absolute Gasteiger partial charge is 0.495 e. The first-order valence-corrected chi connectivity index (χ1v) is 9.19. The third-order valence-electron chi connectivity index (χ3n) is 4.13. The molecule has 0 aliphatic carbocycles. The van der Waals surface area contributed by atoms with Crippen LogP contribution in [-0.2, 0) is 6.42 Å². The van der Waals surface area contributed by atoms with E-state index in [1.807, 2.05) is 49.4 Å². The van der Waals surface area contributed by atoms with Crippen LogP contribution < -0.4 is 15.4 Å². The van der Waals surface area contributed by atoms with Crippen molar-refractivity contribution in [2.24, 2.45) is 0 Å². The number of methoxy groups -OCH3 is 1. The van der Waals surface area contributed by atoms with Crippen molar-refractivity contribution in [3.8, 4) is 5.75 Å². The summed E-state index contributed by atoms with van der Waals surface area (Å²) in [6, 6.07) is 13.3. The first-order chi connectivity index (χ1) is 13.5. The van der Waals surface area contributed by atoms with E-state index in [9.17, 15) is 4.79 Å². The fourth-order valence-corrected chi connectivity index (χ4v) is 2.75. The van der Waals surface area contributed by atoms with Crippen molar-refractivity contribution >= 4 is 29.1 Å². The van der Waals surface area contributed by atoms with Crippen LogP contribution in [0.1, 0.15) is 21.5 Å². The molecule has 0 atom stereocenters. The Hall–Kier alpha value is -3.12. The maximum atomic E-state index is 12.3. The highest BCUT2D eigenvalue weighted by Gasteiger charge is 2.09. The smallest absolute Gasteiger partial charge is 0.254 e. The van der Waals surface area contributed by atoms with Crippen molar-refractivity contribution in [3.05, 3.63) is 76.6 Å². The molecule has 28 heavy (non-hydrogen) atoms. The van der Waals surface area contributed by atoms with Crippen LogP contribution >= 0.6 is 11.6 Å². The van der Waals surface area contributed by atoms with Gasteiger partial charge < -0.3 is 15.4 Å². The molecule has 1 heterocycles. The van der Waals surface area contributed by atoms with Crippen molar-refractivity contribution in [2.75, 3.05) is 19.0 Å². The van der Waals surface area contributed by atoms with Gasteiger partial charge in [-0.3, -0.25) is 4.79 Å². The van der Waals surface area contributed by atoms with Crippen molar-refractivity contribution in [1.29, 1.82) is 0 Å². The third kappa shape index (κ3) is 5.20. The summed E-state index contributed by atoms with van der Waals surface area (Å²) in [5.41, 5.74) is 3.35. The number of carbonyl (C=O) groups excluding carboxylic acids is 1. The molecule has 0 saturated carbocycles. The highest BCUT2D eigenvalue weighted by molar-refractivity contribution is 6.30. The molecule has 0 spiro atoms. The van der Waals surface area contributed by atoms with E-state index in [4.69, 9.17) is 16.3 Å². The molecular formula is C21H21ClN4O2. The number of anilines is 2. The van der Waals surface area contributed by atoms with Gasteiger partial charge in [-0.1, -0.05) is 29.8 Å². The zero-order chi connectivity index (χ0) is 19.9. The molecule has 144 valence electrons. The Balaban J connectivity index is 1.57. The van der Waals surface area contributed by atoms with Gasteiger partial charge in [-0.25, -0.2) is 9.97 Å². The summed E-state index contributed by atoms with van der Waals surface area (Å²) in [6.07, 6.45) is 3.71. The van der Waals surface area contributed by atoms with Crippen molar-refractivity contribution < 1.29 is 9.53 Å². The van der Waals surface area contributed by atoms with Gasteiger partial charge in [-0.05, 0) is 48.7 Å². The SMILES string of the molecule is COc1ccc(C)cc1Nc1ncc(C(=O)NCCc2ccc(Cl)cc2)cn1. The molecule has 3 rings (SSSR count). The van der Waals surface area contributed by atoms with Crippen LogP contribution in [0, 0.1) is 6.92 Å². The lowest BCUT2D eigenvalue weighted by molar-refractivity contribution is 0.0953. The second-order valence-corrected chi connectivity index (χ2v) is 6.69. The molecule has 0 fully saturated rings. The maximum Gasteiger partial charge on any atom is 0.254 e. The molecule has 2 N–H and O–H groups in total. The number of rotatable bonds is 7. The number of nitrogens with one attached hydrogen (secondary N) is 2. The Morgan fingerprint density at radius 3 is 2.50 bits per heavy atom. The predicted molar refractivity (Wildman–Crippen MR) is 111 cm³/mol. The number of carbonyl (C=O) groups is 1. The Morgan fingerprint density at radius 1 is 1.11 bits per heavy atom. The standard InChI is InChI=1S/C21H21ClN4O2/c1-14-3-8-19(28-2)18(11-14)26-21-24-12-16(13-25-21)20(27)23-10-9-15-4-6-17(22)7-5-15/h3-8,11-13H,9-10H2,1-2H3,(H,23,27)(H,24,25,26). The molecule has 2 aromatic carbocycles. The van der Waals surface area contributed by atoms with Crippen LogP contribution in [0.5, 0.6) is 5.75 Å². The lowest BCUT2D eigenvalue weighted by Gasteiger charge is -2.11. The highest BCUT2D eigenvalue weighted by atomic mass is 35.5. The Bertz CT molecular complexity index is 944. The molecule has 1 aromatic heterocycles. The first kappa shape index (κ1) is 19.6. The van der Waals surface area contributed by atoms with E-state index < -0.39 is 0 Å². The number of hydrogen-bond donors (Lipinski definition) is 2. The van der Waals surface area contributed by atoms with E-state index in [1.165, 1.54) is 12.4 Å². The number of halogens is 1. The lowest BCUT2D eigenvalue weighted by atomic mass is 10.1. The molecule has 0 bridgehead atoms. The van der Waals surface area contributed by atoms with E-state index >= 15 is 0 Å². The molecular weight excluding hydrogens is 376 g/mol. The van der Waals surface area contributed by atoms with E-state index in [2.05, 4.69) is 20.6 Å². The Morgan fingerprint density at radius 2 is 1.82 bits per heavy atom. The van der Waals surface area contributed by atoms with Crippen LogP contribution in [0.25, 0.3) is 0 Å². The monoisotopic (exact) mass is 396 g/mol. The second kappa shape index (κ2) is 9.19. The topological polar surface area (TPSA) is 76.1 Å². The highest BCUT2D eigenvalue weighted by Crippen LogP contribution is 2.27. The molecule has 0 radical (unpaired) electrons. The van der Waals surface area contributed by atoms with Gasteiger partial charge in [0.05, 0.1) is 18.4 Å². The minimum absolute atomic E-state index is 0.214. The number of aromatic nitrogens is 2. The molecule has 0 aliphatic rings. The Kier molecular flexibility index (Phi) is 6.45. The molecule has 0 saturated heterocycles. The van der Waals surface area contributed by atoms with Gasteiger partial charge in [-0.2, -0.15) is 0 Å². The van der Waals surface area contributed by atoms with Crippen LogP contribution in [-0.4, -0.2) is 29.5 Å². The molecule has 0 aliphatic heterocycles. The number of amides is 1. The van der Waals surface area contributed by atoms with Crippen LogP contribution in [0.15, 0.2) is 54.9 Å². The zero-order valence-corrected chi connectivity index (χ0v) is 16.5. The van der Waals surface area contributed by atoms with Crippen molar-refractivity contribution in [3.63, 3.8) is 0 Å². The summed E-state index contributed by atoms with van der Waals surface area (Å²) in [4.78, 5) is 20.7. The average Bonchev–Trinajstić information content (AvgIpc) is 2.70. The Labute approximate surface area is 168 Å². The number of hydrogen-bond acceptors (Lipinski definition) is 5. The van der Waals surface area contributed by atoms with E-state index in [0.29, 0.717) is 28.8 Å². The molecule has 3 aromatic rings. The summed E-state index contributed by atoms with van der Waals surface area (Å²) >= 11 is 5.87. The van der Waals surface area contributed by atoms with E-state index in [0.717, 1.165) is 23.2 Å². The van der Waals surface area contributed by atoms with Gasteiger partial charge in [0.1, 0.15) is 5.75 Å². The molecule has 6 nitrogen and oxygen atoms in total. The van der Waals surface area contributed by atoms with E-state index in [-0.39, 0.29) is 5.91 Å². The first-order valence-electron chi connectivity index (χ1n) is 8.81. The second-order valence-electron chi connectivity index (χ2n) is 6.26. The average molecular weight is 397 g/mol. The van der Waals surface area contributed by atoms with Gasteiger partial charge >= 0.3 is 0 Å². The summed E-state index contributed by atoms with van der Waals surface area (Å²) in [7, 11) is 1.61. The zero-order valence-electron chi connectivity index (χ0n) is 15.7. The minimum atomic E-state index is -0.214. The van der Waals surface area contributed by atoms with Crippen LogP contribution in [0.4, 0.5) is 11.6 Å². The number of ether oxygens (including phenoxy) is 1. The molecule has 7 heteroatoms. The summed E-state index contributed by atoms with van der Waals surface area (Å²) in [6.45, 7) is 2.50. The van der Waals surface area contributed by atoms with Crippen LogP contribution in [0.3, 0.4) is 0 Å². The van der Waals surface area contributed by atoms with Crippen molar-refractivity contribution in [1.82, 2.24) is 15.3 Å². The number of aryl methyl sites for hydroxylation is 1. The summed E-state index contributed by atoms with van der Waals surface area (Å²) in [5, 5.41) is 6.67. The van der Waals surface area contributed by atoms with Gasteiger partial charge in [0.25, 0.3) is 5.91 Å². The van der Waals surface area contributed by atoms with Gasteiger partial charge in [-0.15, -0.1) is 0 Å². The normalized spacial score (nSPS) is 10.4. The number of nitrogens with zero attached hydrogens (tertiary/aromatic N) is 2. The van der Waals surface area contributed by atoms with Gasteiger partial charge in [0.2, 0.25) is 5.95 Å². The van der Waals surface area contributed by atoms with Gasteiger partial charge in [0.15, 0.2) is 0 Å². The lowest BCUT2D eigenvalue weighted by Crippen LogP contribution is -2.26. The van der Waals surface area contributed by atoms with E-state index in [1.54, 1.807) is 7.11 Å². The minimum Gasteiger partial charge on any atom is -0.495 e. The maximum absolute atomic E-state index is 12.3.